The monoisotopic (exact) mass is 485 g/mol. The molecule has 0 bridgehead atoms. The molecule has 1 saturated heterocycles. The van der Waals surface area contributed by atoms with E-state index in [2.05, 4.69) is 24.7 Å². The van der Waals surface area contributed by atoms with Crippen LogP contribution in [0.5, 0.6) is 0 Å². The first kappa shape index (κ1) is 24.3. The molecule has 29 heavy (non-hydrogen) atoms. The summed E-state index contributed by atoms with van der Waals surface area (Å²) in [5.74, 6) is -1.57. The van der Waals surface area contributed by atoms with E-state index < -0.39 is 66.7 Å². The molecule has 6 N–H and O–H groups in total. The van der Waals surface area contributed by atoms with Gasteiger partial charge >= 0.3 is 23.5 Å². The lowest BCUT2D eigenvalue weighted by Crippen LogP contribution is -2.38. The van der Waals surface area contributed by atoms with E-state index in [0.29, 0.717) is 0 Å². The highest BCUT2D eigenvalue weighted by molar-refractivity contribution is 7.66. The van der Waals surface area contributed by atoms with Crippen LogP contribution in [0.4, 0.5) is 8.78 Å². The van der Waals surface area contributed by atoms with Crippen molar-refractivity contribution >= 4 is 29.3 Å². The first-order valence-corrected chi connectivity index (χ1v) is 11.9. The molecule has 0 radical (unpaired) electrons. The van der Waals surface area contributed by atoms with Gasteiger partial charge in [-0.2, -0.15) is 8.62 Å². The van der Waals surface area contributed by atoms with Crippen LogP contribution < -0.4 is 5.73 Å². The summed E-state index contributed by atoms with van der Waals surface area (Å²) in [6, 6.07) is 0. The van der Waals surface area contributed by atoms with Crippen molar-refractivity contribution in [2.45, 2.75) is 24.9 Å². The van der Waals surface area contributed by atoms with Crippen LogP contribution in [0, 0.1) is 0 Å². The van der Waals surface area contributed by atoms with Crippen LogP contribution >= 0.6 is 23.5 Å². The molecule has 2 heterocycles. The highest BCUT2D eigenvalue weighted by Gasteiger charge is 2.44. The third-order valence-corrected chi connectivity index (χ3v) is 7.09. The number of phosphoric ester groups is 1. The van der Waals surface area contributed by atoms with Crippen LogP contribution in [0.15, 0.2) is 29.4 Å². The van der Waals surface area contributed by atoms with Gasteiger partial charge in [0.15, 0.2) is 17.9 Å². The molecule has 1 fully saturated rings. The second kappa shape index (κ2) is 8.61. The van der Waals surface area contributed by atoms with Gasteiger partial charge in [0, 0.05) is 12.6 Å². The number of halogens is 2. The Kier molecular flexibility index (Phi) is 7.20. The third kappa shape index (κ3) is 7.02. The minimum atomic E-state index is -5.68. The second-order valence-corrected chi connectivity index (χ2v) is 10.0. The molecule has 2 aliphatic rings. The van der Waals surface area contributed by atoms with E-state index in [-0.39, 0.29) is 5.82 Å². The molecule has 14 nitrogen and oxygen atoms in total. The number of alkyl halides is 1. The largest absolute Gasteiger partial charge is 0.490 e. The number of nitrogens with two attached hydrogens (primary N) is 1. The minimum Gasteiger partial charge on any atom is -0.381 e. The van der Waals surface area contributed by atoms with E-state index >= 15 is 0 Å². The summed E-state index contributed by atoms with van der Waals surface area (Å²) in [6.45, 7) is 2.62. The molecule has 2 aliphatic heterocycles. The van der Waals surface area contributed by atoms with E-state index in [4.69, 9.17) is 25.2 Å². The fourth-order valence-electron chi connectivity index (χ4n) is 2.27. The van der Waals surface area contributed by atoms with Gasteiger partial charge in [0.2, 0.25) is 0 Å². The predicted molar refractivity (Wildman–Crippen MR) is 89.8 cm³/mol. The highest BCUT2D eigenvalue weighted by atomic mass is 31.3. The van der Waals surface area contributed by atoms with E-state index in [9.17, 15) is 27.4 Å². The van der Waals surface area contributed by atoms with Gasteiger partial charge < -0.3 is 34.9 Å². The molecule has 3 unspecified atom stereocenters. The number of hydrogen-bond donors (Lipinski definition) is 5. The predicted octanol–water partition coefficient (Wildman–Crippen LogP) is 0.738. The fourth-order valence-corrected chi connectivity index (χ4v) is 5.32. The molecular formula is C10H16F2N3O11P3. The summed E-state index contributed by atoms with van der Waals surface area (Å²) in [5, 5.41) is 0. The van der Waals surface area contributed by atoms with Crippen molar-refractivity contribution in [3.63, 3.8) is 0 Å². The molecule has 0 aromatic heterocycles. The van der Waals surface area contributed by atoms with Crippen molar-refractivity contribution in [2.75, 3.05) is 6.61 Å². The molecule has 166 valence electrons. The van der Waals surface area contributed by atoms with Crippen LogP contribution in [0.25, 0.3) is 0 Å². The average Bonchev–Trinajstić information content (AvgIpc) is 2.86. The van der Waals surface area contributed by atoms with Gasteiger partial charge in [-0.1, -0.05) is 6.58 Å². The van der Waals surface area contributed by atoms with Crippen LogP contribution in [0.1, 0.15) is 6.42 Å². The molecule has 0 spiro atoms. The zero-order chi connectivity index (χ0) is 22.2. The maximum Gasteiger partial charge on any atom is 0.490 e. The summed E-state index contributed by atoms with van der Waals surface area (Å²) < 4.78 is 77.9. The zero-order valence-electron chi connectivity index (χ0n) is 14.1. The van der Waals surface area contributed by atoms with Crippen molar-refractivity contribution in [3.8, 4) is 0 Å². The van der Waals surface area contributed by atoms with Crippen molar-refractivity contribution < 1.29 is 59.9 Å². The van der Waals surface area contributed by atoms with E-state index in [1.54, 1.807) is 0 Å². The Morgan fingerprint density at radius 1 is 1.28 bits per heavy atom. The molecule has 5 atom stereocenters. The van der Waals surface area contributed by atoms with E-state index in [0.717, 1.165) is 11.1 Å². The lowest BCUT2D eigenvalue weighted by Gasteiger charge is -2.30. The van der Waals surface area contributed by atoms with Crippen LogP contribution in [-0.4, -0.2) is 55.4 Å². The van der Waals surface area contributed by atoms with E-state index in [1.807, 2.05) is 0 Å². The van der Waals surface area contributed by atoms with Gasteiger partial charge in [-0.15, -0.1) is 0 Å². The SMILES string of the molecule is C=C1N=C(N)C(F)=CN1[C@@H]1O[C@H](COP(=O)(O)OP(=O)(O)OP(=O)(O)O)CC1F. The zero-order valence-corrected chi connectivity index (χ0v) is 16.8. The number of ether oxygens (including phenoxy) is 1. The minimum absolute atomic E-state index is 0.134. The van der Waals surface area contributed by atoms with Crippen LogP contribution in [0.3, 0.4) is 0 Å². The number of nitrogens with zero attached hydrogens (tertiary/aromatic N) is 2. The van der Waals surface area contributed by atoms with Crippen LogP contribution in [0.2, 0.25) is 0 Å². The molecule has 0 aliphatic carbocycles. The summed E-state index contributed by atoms with van der Waals surface area (Å²) in [7, 11) is -16.6. The van der Waals surface area contributed by atoms with Crippen molar-refractivity contribution in [3.05, 3.63) is 24.4 Å². The number of rotatable bonds is 8. The van der Waals surface area contributed by atoms with Gasteiger partial charge in [-0.3, -0.25) is 4.52 Å². The van der Waals surface area contributed by atoms with Gasteiger partial charge in [-0.05, 0) is 0 Å². The summed E-state index contributed by atoms with van der Waals surface area (Å²) in [4.78, 5) is 39.8. The van der Waals surface area contributed by atoms with Gasteiger partial charge in [0.25, 0.3) is 0 Å². The Bertz CT molecular complexity index is 876. The standard InChI is InChI=1S/C10H16F2N3O11P3/c1-5-14-9(13)8(12)3-15(5)10-7(11)2-6(24-10)4-23-28(19,20)26-29(21,22)25-27(16,17)18/h3,6-7,10H,1-2,4H2,(H2,13,14)(H,19,20)(H,21,22)(H2,16,17,18)/t6-,7?,10+/m0/s1. The molecular weight excluding hydrogens is 469 g/mol. The highest BCUT2D eigenvalue weighted by Crippen LogP contribution is 2.66. The topological polar surface area (TPSA) is 211 Å². The summed E-state index contributed by atoms with van der Waals surface area (Å²) >= 11 is 0. The Labute approximate surface area is 161 Å². The third-order valence-electron chi connectivity index (χ3n) is 3.29. The normalized spacial score (nSPS) is 29.8. The summed E-state index contributed by atoms with van der Waals surface area (Å²) in [6.07, 6.45) is -3.99. The first-order valence-electron chi connectivity index (χ1n) is 7.35. The number of hydrogen-bond acceptors (Lipinski definition) is 10. The quantitative estimate of drug-likeness (QED) is 0.301. The Morgan fingerprint density at radius 3 is 2.48 bits per heavy atom. The first-order chi connectivity index (χ1) is 13.1. The fraction of sp³-hybridized carbons (Fsp3) is 0.500. The molecule has 0 aromatic rings. The molecule has 0 amide bonds. The van der Waals surface area contributed by atoms with E-state index in [1.165, 1.54) is 0 Å². The molecule has 19 heteroatoms. The maximum absolute atomic E-state index is 14.2. The van der Waals surface area contributed by atoms with Crippen molar-refractivity contribution in [2.24, 2.45) is 10.7 Å². The Morgan fingerprint density at radius 2 is 1.90 bits per heavy atom. The second-order valence-electron chi connectivity index (χ2n) is 5.58. The number of phosphoric acid groups is 3. The van der Waals surface area contributed by atoms with Crippen LogP contribution in [-0.2, 0) is 31.6 Å². The smallest absolute Gasteiger partial charge is 0.381 e. The van der Waals surface area contributed by atoms with Crippen molar-refractivity contribution in [1.29, 1.82) is 0 Å². The average molecular weight is 485 g/mol. The number of aliphatic imine (C=N–C) groups is 1. The maximum atomic E-state index is 14.2. The Hall–Kier alpha value is -1.02. The lowest BCUT2D eigenvalue weighted by molar-refractivity contribution is -0.0550. The Balaban J connectivity index is 1.95. The number of amidine groups is 1. The van der Waals surface area contributed by atoms with Gasteiger partial charge in [-0.25, -0.2) is 27.5 Å². The van der Waals surface area contributed by atoms with Gasteiger partial charge in [0.1, 0.15) is 12.0 Å². The molecule has 2 rings (SSSR count). The lowest BCUT2D eigenvalue weighted by atomic mass is 10.2. The molecule has 0 aromatic carbocycles. The van der Waals surface area contributed by atoms with Crippen molar-refractivity contribution in [1.82, 2.24) is 4.90 Å². The molecule has 0 saturated carbocycles. The summed E-state index contributed by atoms with van der Waals surface area (Å²) in [5.41, 5.74) is 5.27. The van der Waals surface area contributed by atoms with Gasteiger partial charge in [0.05, 0.1) is 12.7 Å².